The molecule has 0 aliphatic carbocycles. The Morgan fingerprint density at radius 3 is 2.10 bits per heavy atom. The lowest BCUT2D eigenvalue weighted by Crippen LogP contribution is -2.01. The van der Waals surface area contributed by atoms with Crippen LogP contribution in [0.5, 0.6) is 0 Å². The highest BCUT2D eigenvalue weighted by atomic mass is 80.9. The average Bonchev–Trinajstić information content (AvgIpc) is 1.87. The van der Waals surface area contributed by atoms with Crippen LogP contribution in [0.1, 0.15) is 0 Å². The van der Waals surface area contributed by atoms with Gasteiger partial charge in [-0.15, -0.1) is 6.58 Å². The molecular formula is C4H8Br2O3S. The standard InChI is InChI=1S/C4H8O3S.Br2/c1-3-4-7-8(2,5)6;1-2/h3H,1,4H2,2H3;. The second-order valence-electron chi connectivity index (χ2n) is 1.28. The molecule has 0 aliphatic rings. The molecule has 0 radical (unpaired) electrons. The summed E-state index contributed by atoms with van der Waals surface area (Å²) in [6.07, 6.45) is 2.37. The zero-order valence-corrected chi connectivity index (χ0v) is 9.37. The molecule has 0 rings (SSSR count). The molecule has 3 nitrogen and oxygen atoms in total. The minimum Gasteiger partial charge on any atom is -0.266 e. The smallest absolute Gasteiger partial charge is 0.264 e. The Morgan fingerprint density at radius 1 is 1.60 bits per heavy atom. The number of rotatable bonds is 3. The van der Waals surface area contributed by atoms with E-state index in [9.17, 15) is 8.42 Å². The lowest BCUT2D eigenvalue weighted by molar-refractivity contribution is 0.362. The summed E-state index contributed by atoms with van der Waals surface area (Å²) >= 11 is 5.50. The summed E-state index contributed by atoms with van der Waals surface area (Å²) in [5.74, 6) is 0. The molecule has 0 aromatic rings. The van der Waals surface area contributed by atoms with E-state index in [-0.39, 0.29) is 6.61 Å². The van der Waals surface area contributed by atoms with Gasteiger partial charge in [0.1, 0.15) is 0 Å². The van der Waals surface area contributed by atoms with Crippen LogP contribution in [0.25, 0.3) is 0 Å². The van der Waals surface area contributed by atoms with Gasteiger partial charge in [0, 0.05) is 28.3 Å². The molecule has 0 N–H and O–H groups in total. The zero-order chi connectivity index (χ0) is 8.62. The van der Waals surface area contributed by atoms with Gasteiger partial charge in [0.15, 0.2) is 0 Å². The van der Waals surface area contributed by atoms with E-state index in [0.717, 1.165) is 6.26 Å². The van der Waals surface area contributed by atoms with Crippen molar-refractivity contribution in [2.45, 2.75) is 0 Å². The van der Waals surface area contributed by atoms with E-state index in [2.05, 4.69) is 39.0 Å². The molecule has 0 fully saturated rings. The summed E-state index contributed by atoms with van der Waals surface area (Å²) in [5.41, 5.74) is 0. The predicted octanol–water partition coefficient (Wildman–Crippen LogP) is 1.84. The molecule has 6 heteroatoms. The quantitative estimate of drug-likeness (QED) is 0.589. The van der Waals surface area contributed by atoms with Gasteiger partial charge in [-0.1, -0.05) is 6.08 Å². The maximum absolute atomic E-state index is 10.1. The monoisotopic (exact) mass is 294 g/mol. The molecule has 62 valence electrons. The van der Waals surface area contributed by atoms with Crippen LogP contribution in [-0.4, -0.2) is 21.3 Å². The van der Waals surface area contributed by atoms with Crippen LogP contribution < -0.4 is 0 Å². The van der Waals surface area contributed by atoms with Gasteiger partial charge in [-0.2, -0.15) is 8.42 Å². The van der Waals surface area contributed by atoms with Crippen LogP contribution in [-0.2, 0) is 14.3 Å². The first-order valence-electron chi connectivity index (χ1n) is 2.16. The maximum atomic E-state index is 10.1. The molecule has 0 saturated carbocycles. The summed E-state index contributed by atoms with van der Waals surface area (Å²) < 4.78 is 24.5. The molecule has 0 aliphatic heterocycles. The first-order valence-corrected chi connectivity index (χ1v) is 7.69. The van der Waals surface area contributed by atoms with Gasteiger partial charge in [-0.3, -0.25) is 4.18 Å². The Hall–Kier alpha value is 0.610. The third-order valence-corrected chi connectivity index (χ3v) is 0.964. The second-order valence-corrected chi connectivity index (χ2v) is 2.92. The second kappa shape index (κ2) is 7.71. The molecule has 0 atom stereocenters. The number of halogens is 2. The maximum Gasteiger partial charge on any atom is 0.264 e. The molecule has 0 bridgehead atoms. The van der Waals surface area contributed by atoms with Gasteiger partial charge in [-0.05, 0) is 0 Å². The van der Waals surface area contributed by atoms with E-state index in [1.54, 1.807) is 0 Å². The van der Waals surface area contributed by atoms with Crippen molar-refractivity contribution >= 4 is 38.4 Å². The first kappa shape index (κ1) is 13.2. The van der Waals surface area contributed by atoms with E-state index in [1.807, 2.05) is 0 Å². The van der Waals surface area contributed by atoms with Crippen molar-refractivity contribution in [2.24, 2.45) is 0 Å². The van der Waals surface area contributed by atoms with E-state index in [1.165, 1.54) is 6.08 Å². The molecule has 0 spiro atoms. The van der Waals surface area contributed by atoms with Crippen molar-refractivity contribution in [3.63, 3.8) is 0 Å². The van der Waals surface area contributed by atoms with E-state index < -0.39 is 10.1 Å². The lowest BCUT2D eigenvalue weighted by Gasteiger charge is -1.91. The fourth-order valence-electron chi connectivity index (χ4n) is 0.172. The highest BCUT2D eigenvalue weighted by molar-refractivity contribution is 9.93. The summed E-state index contributed by atoms with van der Waals surface area (Å²) in [4.78, 5) is 0. The Kier molecular flexibility index (Phi) is 10.2. The first-order chi connectivity index (χ1) is 4.56. The Bertz CT molecular complexity index is 163. The van der Waals surface area contributed by atoms with Crippen LogP contribution in [0, 0.1) is 0 Å². The fraction of sp³-hybridized carbons (Fsp3) is 0.500. The van der Waals surface area contributed by atoms with Crippen LogP contribution in [0.4, 0.5) is 0 Å². The zero-order valence-electron chi connectivity index (χ0n) is 5.38. The highest BCUT2D eigenvalue weighted by Gasteiger charge is 1.95. The largest absolute Gasteiger partial charge is 0.266 e. The molecule has 0 aromatic carbocycles. The topological polar surface area (TPSA) is 43.4 Å². The van der Waals surface area contributed by atoms with E-state index in [0.29, 0.717) is 0 Å². The van der Waals surface area contributed by atoms with Crippen molar-refractivity contribution in [2.75, 3.05) is 12.9 Å². The molecule has 0 unspecified atom stereocenters. The predicted molar refractivity (Wildman–Crippen MR) is 48.8 cm³/mol. The van der Waals surface area contributed by atoms with Crippen LogP contribution in [0.3, 0.4) is 0 Å². The molecule has 0 aromatic heterocycles. The van der Waals surface area contributed by atoms with E-state index in [4.69, 9.17) is 0 Å². The van der Waals surface area contributed by atoms with Crippen molar-refractivity contribution in [1.82, 2.24) is 0 Å². The molecular weight excluding hydrogens is 288 g/mol. The van der Waals surface area contributed by atoms with Gasteiger partial charge >= 0.3 is 0 Å². The third kappa shape index (κ3) is 15.8. The van der Waals surface area contributed by atoms with Crippen molar-refractivity contribution in [1.29, 1.82) is 0 Å². The summed E-state index contributed by atoms with van der Waals surface area (Å²) in [7, 11) is -3.26. The Labute approximate surface area is 76.4 Å². The molecule has 10 heavy (non-hydrogen) atoms. The highest BCUT2D eigenvalue weighted by Crippen LogP contribution is 1.85. The molecule has 0 amide bonds. The molecule has 0 saturated heterocycles. The normalized spacial score (nSPS) is 9.50. The van der Waals surface area contributed by atoms with Crippen LogP contribution >= 0.6 is 28.3 Å². The fourth-order valence-corrected chi connectivity index (χ4v) is 0.515. The Morgan fingerprint density at radius 2 is 2.00 bits per heavy atom. The number of hydrogen-bond donors (Lipinski definition) is 0. The van der Waals surface area contributed by atoms with Crippen molar-refractivity contribution in [3.05, 3.63) is 12.7 Å². The SMILES string of the molecule is BrBr.C=CCOS(C)(=O)=O. The molecule has 0 heterocycles. The van der Waals surface area contributed by atoms with Crippen molar-refractivity contribution in [3.8, 4) is 0 Å². The van der Waals surface area contributed by atoms with Gasteiger partial charge < -0.3 is 0 Å². The van der Waals surface area contributed by atoms with Gasteiger partial charge in [0.2, 0.25) is 0 Å². The van der Waals surface area contributed by atoms with Crippen LogP contribution in [0.15, 0.2) is 12.7 Å². The lowest BCUT2D eigenvalue weighted by atomic mass is 10.7. The summed E-state index contributed by atoms with van der Waals surface area (Å²) in [6.45, 7) is 3.33. The Balaban J connectivity index is 0. The third-order valence-electron chi connectivity index (χ3n) is 0.400. The van der Waals surface area contributed by atoms with Gasteiger partial charge in [0.25, 0.3) is 10.1 Å². The minimum atomic E-state index is -3.26. The van der Waals surface area contributed by atoms with Crippen molar-refractivity contribution < 1.29 is 12.6 Å². The minimum absolute atomic E-state index is 0.0544. The number of hydrogen-bond acceptors (Lipinski definition) is 3. The van der Waals surface area contributed by atoms with Gasteiger partial charge in [0.05, 0.1) is 12.9 Å². The van der Waals surface area contributed by atoms with E-state index >= 15 is 0 Å². The average molecular weight is 296 g/mol. The summed E-state index contributed by atoms with van der Waals surface area (Å²) in [6, 6.07) is 0. The summed E-state index contributed by atoms with van der Waals surface area (Å²) in [5, 5.41) is 0. The van der Waals surface area contributed by atoms with Crippen LogP contribution in [0.2, 0.25) is 0 Å². The van der Waals surface area contributed by atoms with Gasteiger partial charge in [-0.25, -0.2) is 0 Å².